The molecule has 1 atom stereocenters. The lowest BCUT2D eigenvalue weighted by molar-refractivity contribution is -0.0228. The second-order valence-corrected chi connectivity index (χ2v) is 4.92. The van der Waals surface area contributed by atoms with Gasteiger partial charge in [-0.2, -0.15) is 5.10 Å². The topological polar surface area (TPSA) is 47.4 Å². The molecule has 1 amide bonds. The Hall–Kier alpha value is -2.14. The standard InChI is InChI=1S/C15H17N3O2/c1-17-10-13(9-16-17)15(19)18-7-8-20-14(11-18)12-5-3-2-4-6-12/h2-6,9-10,14H,7-8,11H2,1H3. The van der Waals surface area contributed by atoms with Crippen LogP contribution in [0.1, 0.15) is 22.0 Å². The van der Waals surface area contributed by atoms with E-state index in [4.69, 9.17) is 4.74 Å². The van der Waals surface area contributed by atoms with Crippen LogP contribution in [0, 0.1) is 0 Å². The van der Waals surface area contributed by atoms with Crippen LogP contribution in [0.15, 0.2) is 42.7 Å². The van der Waals surface area contributed by atoms with Gasteiger partial charge in [-0.05, 0) is 5.56 Å². The fourth-order valence-corrected chi connectivity index (χ4v) is 2.42. The number of ether oxygens (including phenoxy) is 1. The van der Waals surface area contributed by atoms with Crippen molar-refractivity contribution in [2.45, 2.75) is 6.10 Å². The van der Waals surface area contributed by atoms with E-state index in [0.29, 0.717) is 25.3 Å². The number of carbonyl (C=O) groups excluding carboxylic acids is 1. The number of amides is 1. The van der Waals surface area contributed by atoms with Crippen molar-refractivity contribution in [3.05, 3.63) is 53.9 Å². The fraction of sp³-hybridized carbons (Fsp3) is 0.333. The van der Waals surface area contributed by atoms with Crippen LogP contribution in [-0.4, -0.2) is 40.3 Å². The van der Waals surface area contributed by atoms with Gasteiger partial charge in [0.15, 0.2) is 0 Å². The highest BCUT2D eigenvalue weighted by atomic mass is 16.5. The van der Waals surface area contributed by atoms with Crippen molar-refractivity contribution in [3.8, 4) is 0 Å². The zero-order valence-electron chi connectivity index (χ0n) is 11.4. The van der Waals surface area contributed by atoms with Gasteiger partial charge in [0.2, 0.25) is 0 Å². The summed E-state index contributed by atoms with van der Waals surface area (Å²) in [4.78, 5) is 14.2. The molecule has 1 aliphatic rings. The smallest absolute Gasteiger partial charge is 0.257 e. The number of morpholine rings is 1. The largest absolute Gasteiger partial charge is 0.370 e. The number of nitrogens with zero attached hydrogens (tertiary/aromatic N) is 3. The second kappa shape index (κ2) is 5.46. The van der Waals surface area contributed by atoms with Crippen LogP contribution in [0.25, 0.3) is 0 Å². The van der Waals surface area contributed by atoms with Gasteiger partial charge in [-0.1, -0.05) is 30.3 Å². The van der Waals surface area contributed by atoms with Gasteiger partial charge in [0.1, 0.15) is 6.10 Å². The molecule has 1 fully saturated rings. The van der Waals surface area contributed by atoms with E-state index in [1.807, 2.05) is 42.3 Å². The summed E-state index contributed by atoms with van der Waals surface area (Å²) in [5.74, 6) is 0.0160. The molecule has 5 nitrogen and oxygen atoms in total. The Morgan fingerprint density at radius 1 is 1.35 bits per heavy atom. The summed E-state index contributed by atoms with van der Waals surface area (Å²) in [6.45, 7) is 1.76. The Labute approximate surface area is 117 Å². The van der Waals surface area contributed by atoms with Gasteiger partial charge in [-0.25, -0.2) is 0 Å². The van der Waals surface area contributed by atoms with E-state index in [9.17, 15) is 4.79 Å². The third-order valence-electron chi connectivity index (χ3n) is 3.48. The number of hydrogen-bond acceptors (Lipinski definition) is 3. The van der Waals surface area contributed by atoms with Crippen LogP contribution in [-0.2, 0) is 11.8 Å². The third kappa shape index (κ3) is 2.58. The van der Waals surface area contributed by atoms with Crippen molar-refractivity contribution >= 4 is 5.91 Å². The Morgan fingerprint density at radius 2 is 2.15 bits per heavy atom. The Kier molecular flexibility index (Phi) is 3.52. The van der Waals surface area contributed by atoms with Gasteiger partial charge in [0, 0.05) is 19.8 Å². The zero-order chi connectivity index (χ0) is 13.9. The highest BCUT2D eigenvalue weighted by molar-refractivity contribution is 5.93. The number of carbonyl (C=O) groups is 1. The molecule has 0 spiro atoms. The van der Waals surface area contributed by atoms with Crippen LogP contribution >= 0.6 is 0 Å². The van der Waals surface area contributed by atoms with Gasteiger partial charge in [0.25, 0.3) is 5.91 Å². The lowest BCUT2D eigenvalue weighted by atomic mass is 10.1. The molecule has 1 aromatic heterocycles. The minimum atomic E-state index is -0.0504. The maximum Gasteiger partial charge on any atom is 0.257 e. The summed E-state index contributed by atoms with van der Waals surface area (Å²) in [5, 5.41) is 4.05. The van der Waals surface area contributed by atoms with Crippen LogP contribution < -0.4 is 0 Å². The van der Waals surface area contributed by atoms with E-state index in [1.165, 1.54) is 0 Å². The summed E-state index contributed by atoms with van der Waals surface area (Å²) in [6, 6.07) is 10.0. The molecule has 104 valence electrons. The molecule has 2 aromatic rings. The number of rotatable bonds is 2. The van der Waals surface area contributed by atoms with E-state index in [2.05, 4.69) is 5.10 Å². The summed E-state index contributed by atoms with van der Waals surface area (Å²) in [6.07, 6.45) is 3.30. The number of hydrogen-bond donors (Lipinski definition) is 0. The van der Waals surface area contributed by atoms with Gasteiger partial charge in [0.05, 0.1) is 24.9 Å². The summed E-state index contributed by atoms with van der Waals surface area (Å²) in [5.41, 5.74) is 1.73. The highest BCUT2D eigenvalue weighted by Gasteiger charge is 2.26. The molecular formula is C15H17N3O2. The lowest BCUT2D eigenvalue weighted by Gasteiger charge is -2.33. The molecule has 0 saturated carbocycles. The van der Waals surface area contributed by atoms with Crippen molar-refractivity contribution in [3.63, 3.8) is 0 Å². The Bertz CT molecular complexity index is 594. The maximum atomic E-state index is 12.4. The molecule has 1 aromatic carbocycles. The lowest BCUT2D eigenvalue weighted by Crippen LogP contribution is -2.42. The van der Waals surface area contributed by atoms with Gasteiger partial charge < -0.3 is 9.64 Å². The summed E-state index contributed by atoms with van der Waals surface area (Å²) < 4.78 is 7.41. The SMILES string of the molecule is Cn1cc(C(=O)N2CCOC(c3ccccc3)C2)cn1. The maximum absolute atomic E-state index is 12.4. The quantitative estimate of drug-likeness (QED) is 0.834. The van der Waals surface area contributed by atoms with Crippen molar-refractivity contribution in [2.24, 2.45) is 7.05 Å². The predicted molar refractivity (Wildman–Crippen MR) is 74.2 cm³/mol. The zero-order valence-corrected chi connectivity index (χ0v) is 11.4. The van der Waals surface area contributed by atoms with Crippen molar-refractivity contribution in [2.75, 3.05) is 19.7 Å². The van der Waals surface area contributed by atoms with Crippen molar-refractivity contribution < 1.29 is 9.53 Å². The highest BCUT2D eigenvalue weighted by Crippen LogP contribution is 2.22. The fourth-order valence-electron chi connectivity index (χ4n) is 2.42. The van der Waals surface area contributed by atoms with E-state index < -0.39 is 0 Å². The first-order valence-corrected chi connectivity index (χ1v) is 6.68. The Morgan fingerprint density at radius 3 is 2.85 bits per heavy atom. The first-order valence-electron chi connectivity index (χ1n) is 6.68. The molecule has 0 bridgehead atoms. The minimum Gasteiger partial charge on any atom is -0.370 e. The monoisotopic (exact) mass is 271 g/mol. The second-order valence-electron chi connectivity index (χ2n) is 4.92. The first kappa shape index (κ1) is 12.9. The van der Waals surface area contributed by atoms with Crippen LogP contribution in [0.5, 0.6) is 0 Å². The third-order valence-corrected chi connectivity index (χ3v) is 3.48. The summed E-state index contributed by atoms with van der Waals surface area (Å²) >= 11 is 0. The molecule has 1 unspecified atom stereocenters. The molecule has 5 heteroatoms. The van der Waals surface area contributed by atoms with E-state index >= 15 is 0 Å². The average molecular weight is 271 g/mol. The van der Waals surface area contributed by atoms with Crippen LogP contribution in [0.3, 0.4) is 0 Å². The van der Waals surface area contributed by atoms with Crippen molar-refractivity contribution in [1.82, 2.24) is 14.7 Å². The molecule has 0 N–H and O–H groups in total. The average Bonchev–Trinajstić information content (AvgIpc) is 2.94. The van der Waals surface area contributed by atoms with Gasteiger partial charge >= 0.3 is 0 Å². The molecule has 3 rings (SSSR count). The first-order chi connectivity index (χ1) is 9.74. The van der Waals surface area contributed by atoms with Gasteiger partial charge in [-0.15, -0.1) is 0 Å². The molecule has 20 heavy (non-hydrogen) atoms. The molecule has 2 heterocycles. The number of aryl methyl sites for hydroxylation is 1. The molecule has 1 saturated heterocycles. The molecule has 0 aliphatic carbocycles. The van der Waals surface area contributed by atoms with Crippen LogP contribution in [0.2, 0.25) is 0 Å². The summed E-state index contributed by atoms with van der Waals surface area (Å²) in [7, 11) is 1.81. The van der Waals surface area contributed by atoms with Gasteiger partial charge in [-0.3, -0.25) is 9.48 Å². The molecule has 1 aliphatic heterocycles. The van der Waals surface area contributed by atoms with Crippen LogP contribution in [0.4, 0.5) is 0 Å². The number of benzene rings is 1. The van der Waals surface area contributed by atoms with E-state index in [1.54, 1.807) is 17.1 Å². The molecular weight excluding hydrogens is 254 g/mol. The normalized spacial score (nSPS) is 19.1. The Balaban J connectivity index is 1.74. The minimum absolute atomic E-state index is 0.0160. The molecule has 0 radical (unpaired) electrons. The van der Waals surface area contributed by atoms with E-state index in [-0.39, 0.29) is 12.0 Å². The number of aromatic nitrogens is 2. The predicted octanol–water partition coefficient (Wildman–Crippen LogP) is 1.63. The van der Waals surface area contributed by atoms with E-state index in [0.717, 1.165) is 5.56 Å². The van der Waals surface area contributed by atoms with Crippen molar-refractivity contribution in [1.29, 1.82) is 0 Å².